The highest BCUT2D eigenvalue weighted by Gasteiger charge is 2.33. The number of nitrogens with zero attached hydrogens (tertiary/aromatic N) is 1. The van der Waals surface area contributed by atoms with Gasteiger partial charge in [-0.15, -0.1) is 0 Å². The number of hydrogen-bond acceptors (Lipinski definition) is 4. The van der Waals surface area contributed by atoms with Crippen LogP contribution in [0.2, 0.25) is 0 Å². The molecule has 0 unspecified atom stereocenters. The van der Waals surface area contributed by atoms with Crippen molar-refractivity contribution >= 4 is 24.0 Å². The Bertz CT molecular complexity index is 1130. The van der Waals surface area contributed by atoms with E-state index in [1.54, 1.807) is 24.3 Å². The molecule has 0 atom stereocenters. The van der Waals surface area contributed by atoms with Crippen molar-refractivity contribution in [2.45, 2.75) is 6.54 Å². The number of rotatable bonds is 5. The number of urea groups is 1. The number of aromatic carboxylic acids is 1. The van der Waals surface area contributed by atoms with Crippen LogP contribution in [0.1, 0.15) is 21.7 Å². The van der Waals surface area contributed by atoms with Crippen molar-refractivity contribution in [2.24, 2.45) is 0 Å². The first kappa shape index (κ1) is 18.2. The SMILES string of the molecule is O=C(O)c1cccc(-c2ccc(C=C3NC(=O)N(Cc4ccccc4)C3=O)o2)c1. The summed E-state index contributed by atoms with van der Waals surface area (Å²) in [6.07, 6.45) is 1.45. The fraction of sp³-hybridized carbons (Fsp3) is 0.0455. The summed E-state index contributed by atoms with van der Waals surface area (Å²) in [4.78, 5) is 37.0. The van der Waals surface area contributed by atoms with Crippen molar-refractivity contribution in [3.05, 3.63) is 89.3 Å². The fourth-order valence-corrected chi connectivity index (χ4v) is 3.01. The molecule has 0 saturated carbocycles. The molecule has 1 aliphatic heterocycles. The van der Waals surface area contributed by atoms with Crippen LogP contribution in [0.4, 0.5) is 4.79 Å². The lowest BCUT2D eigenvalue weighted by Gasteiger charge is -2.11. The minimum Gasteiger partial charge on any atom is -0.478 e. The van der Waals surface area contributed by atoms with E-state index in [-0.39, 0.29) is 17.8 Å². The van der Waals surface area contributed by atoms with E-state index in [0.29, 0.717) is 17.1 Å². The molecule has 144 valence electrons. The van der Waals surface area contributed by atoms with Gasteiger partial charge >= 0.3 is 12.0 Å². The monoisotopic (exact) mass is 388 g/mol. The van der Waals surface area contributed by atoms with E-state index in [1.807, 2.05) is 30.3 Å². The van der Waals surface area contributed by atoms with Crippen molar-refractivity contribution in [2.75, 3.05) is 0 Å². The van der Waals surface area contributed by atoms with Crippen molar-refractivity contribution < 1.29 is 23.9 Å². The molecule has 2 N–H and O–H groups in total. The van der Waals surface area contributed by atoms with Crippen LogP contribution in [0.15, 0.2) is 76.8 Å². The minimum atomic E-state index is -1.03. The zero-order valence-electron chi connectivity index (χ0n) is 15.2. The third kappa shape index (κ3) is 3.79. The maximum atomic E-state index is 12.6. The number of nitrogens with one attached hydrogen (secondary N) is 1. The highest BCUT2D eigenvalue weighted by molar-refractivity contribution is 6.13. The lowest BCUT2D eigenvalue weighted by atomic mass is 10.1. The normalized spacial score (nSPS) is 15.0. The summed E-state index contributed by atoms with van der Waals surface area (Å²) in [6, 6.07) is 18.4. The van der Waals surface area contributed by atoms with E-state index in [0.717, 1.165) is 10.5 Å². The third-order valence-corrected chi connectivity index (χ3v) is 4.45. The Balaban J connectivity index is 1.55. The first-order valence-electron chi connectivity index (χ1n) is 8.83. The van der Waals surface area contributed by atoms with Gasteiger partial charge in [-0.1, -0.05) is 42.5 Å². The molecule has 2 heterocycles. The van der Waals surface area contributed by atoms with Crippen LogP contribution in [0.3, 0.4) is 0 Å². The smallest absolute Gasteiger partial charge is 0.335 e. The van der Waals surface area contributed by atoms with Crippen LogP contribution in [-0.4, -0.2) is 27.9 Å². The van der Waals surface area contributed by atoms with Gasteiger partial charge in [0.2, 0.25) is 0 Å². The highest BCUT2D eigenvalue weighted by atomic mass is 16.4. The van der Waals surface area contributed by atoms with Crippen molar-refractivity contribution in [3.63, 3.8) is 0 Å². The van der Waals surface area contributed by atoms with E-state index >= 15 is 0 Å². The molecule has 7 heteroatoms. The second-order valence-corrected chi connectivity index (χ2v) is 6.45. The summed E-state index contributed by atoms with van der Waals surface area (Å²) in [5.41, 5.74) is 1.71. The Kier molecular flexibility index (Phi) is 4.70. The molecule has 3 amide bonds. The first-order valence-corrected chi connectivity index (χ1v) is 8.83. The van der Waals surface area contributed by atoms with Gasteiger partial charge in [0.15, 0.2) is 0 Å². The maximum absolute atomic E-state index is 12.6. The van der Waals surface area contributed by atoms with Gasteiger partial charge in [-0.05, 0) is 29.8 Å². The van der Waals surface area contributed by atoms with Crippen molar-refractivity contribution in [1.29, 1.82) is 0 Å². The maximum Gasteiger partial charge on any atom is 0.335 e. The molecule has 1 aromatic heterocycles. The fourth-order valence-electron chi connectivity index (χ4n) is 3.01. The van der Waals surface area contributed by atoms with Gasteiger partial charge in [0.1, 0.15) is 17.2 Å². The van der Waals surface area contributed by atoms with Crippen LogP contribution in [-0.2, 0) is 11.3 Å². The average molecular weight is 388 g/mol. The van der Waals surface area contributed by atoms with Crippen LogP contribution in [0.5, 0.6) is 0 Å². The molecule has 7 nitrogen and oxygen atoms in total. The number of furan rings is 1. The molecule has 1 aliphatic rings. The second-order valence-electron chi connectivity index (χ2n) is 6.45. The first-order chi connectivity index (χ1) is 14.0. The van der Waals surface area contributed by atoms with Gasteiger partial charge in [-0.2, -0.15) is 0 Å². The van der Waals surface area contributed by atoms with E-state index in [1.165, 1.54) is 18.2 Å². The van der Waals surface area contributed by atoms with Gasteiger partial charge < -0.3 is 14.8 Å². The van der Waals surface area contributed by atoms with Crippen molar-refractivity contribution in [3.8, 4) is 11.3 Å². The van der Waals surface area contributed by atoms with E-state index in [4.69, 9.17) is 9.52 Å². The Labute approximate surface area is 165 Å². The second kappa shape index (κ2) is 7.47. The molecule has 1 saturated heterocycles. The number of carboxylic acids is 1. The molecule has 0 spiro atoms. The lowest BCUT2D eigenvalue weighted by Crippen LogP contribution is -2.30. The molecule has 0 bridgehead atoms. The number of hydrogen-bond donors (Lipinski definition) is 2. The number of imide groups is 1. The summed E-state index contributed by atoms with van der Waals surface area (Å²) in [6.45, 7) is 0.175. The highest BCUT2D eigenvalue weighted by Crippen LogP contribution is 2.25. The molecule has 4 rings (SSSR count). The number of carbonyl (C=O) groups excluding carboxylic acids is 2. The number of carbonyl (C=O) groups is 3. The number of benzene rings is 2. The van der Waals surface area contributed by atoms with Crippen LogP contribution in [0, 0.1) is 0 Å². The predicted molar refractivity (Wildman–Crippen MR) is 105 cm³/mol. The zero-order chi connectivity index (χ0) is 20.4. The Hall–Kier alpha value is -4.13. The predicted octanol–water partition coefficient (Wildman–Crippen LogP) is 3.74. The molecule has 3 aromatic rings. The summed E-state index contributed by atoms with van der Waals surface area (Å²) < 4.78 is 5.71. The minimum absolute atomic E-state index is 0.117. The summed E-state index contributed by atoms with van der Waals surface area (Å²) >= 11 is 0. The number of carboxylic acid groups (broad SMARTS) is 1. The van der Waals surface area contributed by atoms with Gasteiger partial charge in [0.05, 0.1) is 12.1 Å². The summed E-state index contributed by atoms with van der Waals surface area (Å²) in [7, 11) is 0. The molecule has 0 radical (unpaired) electrons. The molecule has 1 fully saturated rings. The lowest BCUT2D eigenvalue weighted by molar-refractivity contribution is -0.123. The van der Waals surface area contributed by atoms with Crippen LogP contribution in [0.25, 0.3) is 17.4 Å². The number of amides is 3. The molecule has 29 heavy (non-hydrogen) atoms. The topological polar surface area (TPSA) is 99.9 Å². The van der Waals surface area contributed by atoms with Crippen LogP contribution >= 0.6 is 0 Å². The van der Waals surface area contributed by atoms with Gasteiger partial charge in [0, 0.05) is 11.6 Å². The average Bonchev–Trinajstić information content (AvgIpc) is 3.29. The van der Waals surface area contributed by atoms with E-state index < -0.39 is 17.9 Å². The third-order valence-electron chi connectivity index (χ3n) is 4.45. The van der Waals surface area contributed by atoms with Crippen molar-refractivity contribution in [1.82, 2.24) is 10.2 Å². The molecular formula is C22H16N2O5. The quantitative estimate of drug-likeness (QED) is 0.512. The molecule has 2 aromatic carbocycles. The Morgan fingerprint density at radius 1 is 1.03 bits per heavy atom. The molecule has 0 aliphatic carbocycles. The zero-order valence-corrected chi connectivity index (χ0v) is 15.2. The van der Waals surface area contributed by atoms with Gasteiger partial charge in [0.25, 0.3) is 5.91 Å². The summed E-state index contributed by atoms with van der Waals surface area (Å²) in [5, 5.41) is 11.7. The van der Waals surface area contributed by atoms with E-state index in [9.17, 15) is 14.4 Å². The van der Waals surface area contributed by atoms with Gasteiger partial charge in [-0.3, -0.25) is 9.69 Å². The summed E-state index contributed by atoms with van der Waals surface area (Å²) in [5.74, 6) is -0.646. The van der Waals surface area contributed by atoms with Gasteiger partial charge in [-0.25, -0.2) is 9.59 Å². The Morgan fingerprint density at radius 3 is 2.59 bits per heavy atom. The standard InChI is InChI=1S/C22H16N2O5/c25-20-18(23-22(28)24(20)13-14-5-2-1-3-6-14)12-17-9-10-19(29-17)15-7-4-8-16(11-15)21(26)27/h1-12H,13H2,(H,23,28)(H,26,27). The van der Waals surface area contributed by atoms with E-state index in [2.05, 4.69) is 5.32 Å². The molecular weight excluding hydrogens is 372 g/mol. The Morgan fingerprint density at radius 2 is 1.83 bits per heavy atom. The van der Waals surface area contributed by atoms with Crippen LogP contribution < -0.4 is 5.32 Å². The largest absolute Gasteiger partial charge is 0.478 e.